The Labute approximate surface area is 158 Å². The van der Waals surface area contributed by atoms with Crippen molar-refractivity contribution >= 4 is 17.7 Å². The third kappa shape index (κ3) is 3.65. The average Bonchev–Trinajstić information content (AvgIpc) is 2.62. The van der Waals surface area contributed by atoms with Gasteiger partial charge in [0, 0.05) is 24.3 Å². The van der Waals surface area contributed by atoms with Crippen molar-refractivity contribution < 1.29 is 4.52 Å². The molecule has 0 radical (unpaired) electrons. The van der Waals surface area contributed by atoms with Crippen LogP contribution in [0.25, 0.3) is 5.31 Å². The van der Waals surface area contributed by atoms with Gasteiger partial charge in [0.1, 0.15) is 0 Å². The molecule has 0 bridgehead atoms. The van der Waals surface area contributed by atoms with E-state index in [2.05, 4.69) is 107 Å². The first kappa shape index (κ1) is 19.0. The predicted molar refractivity (Wildman–Crippen MR) is 117 cm³/mol. The Morgan fingerprint density at radius 2 is 1.35 bits per heavy atom. The van der Waals surface area contributed by atoms with E-state index >= 15 is 0 Å². The summed E-state index contributed by atoms with van der Waals surface area (Å²) in [6.07, 6.45) is 4.76. The van der Waals surface area contributed by atoms with Crippen LogP contribution in [0.15, 0.2) is 78.4 Å². The Morgan fingerprint density at radius 1 is 0.808 bits per heavy atom. The molecular formula is C24H29OP. The number of rotatable bonds is 4. The molecule has 1 aliphatic rings. The van der Waals surface area contributed by atoms with E-state index in [0.717, 1.165) is 0 Å². The van der Waals surface area contributed by atoms with E-state index in [1.807, 2.05) is 0 Å². The first-order chi connectivity index (χ1) is 12.4. The lowest BCUT2D eigenvalue weighted by atomic mass is 9.84. The molecule has 26 heavy (non-hydrogen) atoms. The fourth-order valence-corrected chi connectivity index (χ4v) is 6.53. The van der Waals surface area contributed by atoms with Crippen LogP contribution in [-0.2, 0) is 4.52 Å². The smallest absolute Gasteiger partial charge is 0.0483 e. The van der Waals surface area contributed by atoms with Crippen molar-refractivity contribution in [3.05, 3.63) is 89.5 Å². The highest BCUT2D eigenvalue weighted by Crippen LogP contribution is 2.62. The van der Waals surface area contributed by atoms with Crippen molar-refractivity contribution in [1.29, 1.82) is 0 Å². The molecule has 0 aliphatic carbocycles. The van der Waals surface area contributed by atoms with Crippen LogP contribution in [-0.4, -0.2) is 18.6 Å². The summed E-state index contributed by atoms with van der Waals surface area (Å²) in [4.78, 5) is 0. The molecule has 0 saturated carbocycles. The zero-order chi connectivity index (χ0) is 18.8. The van der Waals surface area contributed by atoms with Crippen molar-refractivity contribution in [2.75, 3.05) is 13.3 Å². The van der Waals surface area contributed by atoms with E-state index in [9.17, 15) is 0 Å². The molecule has 0 saturated heterocycles. The minimum absolute atomic E-state index is 0.0809. The van der Waals surface area contributed by atoms with E-state index in [1.165, 1.54) is 27.3 Å². The summed E-state index contributed by atoms with van der Waals surface area (Å²) in [6, 6.07) is 21.4. The van der Waals surface area contributed by atoms with Gasteiger partial charge in [-0.2, -0.15) is 0 Å². The van der Waals surface area contributed by atoms with Gasteiger partial charge in [-0.25, -0.2) is 0 Å². The first-order valence-electron chi connectivity index (χ1n) is 9.30. The lowest BCUT2D eigenvalue weighted by Gasteiger charge is -2.35. The van der Waals surface area contributed by atoms with Crippen LogP contribution in [0.5, 0.6) is 0 Å². The molecule has 1 aliphatic heterocycles. The summed E-state index contributed by atoms with van der Waals surface area (Å²) in [7, 11) is -1.93. The number of allylic oxidation sites excluding steroid dienone is 3. The van der Waals surface area contributed by atoms with Gasteiger partial charge in [-0.05, 0) is 47.9 Å². The Morgan fingerprint density at radius 3 is 1.85 bits per heavy atom. The van der Waals surface area contributed by atoms with Crippen LogP contribution in [0.3, 0.4) is 0 Å². The summed E-state index contributed by atoms with van der Waals surface area (Å²) >= 11 is 0. The van der Waals surface area contributed by atoms with Crippen molar-refractivity contribution in [3.8, 4) is 0 Å². The molecule has 1 heterocycles. The fraction of sp³-hybridized carbons (Fsp3) is 0.292. The summed E-state index contributed by atoms with van der Waals surface area (Å²) in [5, 5.41) is 2.68. The highest BCUT2D eigenvalue weighted by Gasteiger charge is 2.30. The van der Waals surface area contributed by atoms with Crippen LogP contribution in [0.4, 0.5) is 0 Å². The number of hydrogen-bond acceptors (Lipinski definition) is 1. The molecule has 0 fully saturated rings. The average molecular weight is 364 g/mol. The SMILES string of the molecule is CCOP1(C)=C(c2ccccc2)C=C(C(C)(C)C)C=C1c1ccccc1. The quantitative estimate of drug-likeness (QED) is 0.540. The molecule has 136 valence electrons. The van der Waals surface area contributed by atoms with Crippen LogP contribution < -0.4 is 0 Å². The lowest BCUT2D eigenvalue weighted by molar-refractivity contribution is 0.383. The van der Waals surface area contributed by atoms with Crippen molar-refractivity contribution in [2.45, 2.75) is 27.7 Å². The van der Waals surface area contributed by atoms with Crippen molar-refractivity contribution in [1.82, 2.24) is 0 Å². The maximum absolute atomic E-state index is 6.53. The second kappa shape index (κ2) is 7.43. The van der Waals surface area contributed by atoms with E-state index in [4.69, 9.17) is 4.52 Å². The van der Waals surface area contributed by atoms with Crippen LogP contribution in [0.2, 0.25) is 0 Å². The molecule has 2 aromatic rings. The predicted octanol–water partition coefficient (Wildman–Crippen LogP) is 6.83. The largest absolute Gasteiger partial charge is 0.357 e. The normalized spacial score (nSPS) is 20.6. The fourth-order valence-electron chi connectivity index (χ4n) is 3.42. The molecule has 0 amide bonds. The molecule has 2 heteroatoms. The Balaban J connectivity index is 2.36. The van der Waals surface area contributed by atoms with E-state index < -0.39 is 7.11 Å². The minimum Gasteiger partial charge on any atom is -0.357 e. The third-order valence-electron chi connectivity index (χ3n) is 4.90. The van der Waals surface area contributed by atoms with E-state index in [1.54, 1.807) is 0 Å². The van der Waals surface area contributed by atoms with Gasteiger partial charge in [0.15, 0.2) is 0 Å². The molecular weight excluding hydrogens is 335 g/mol. The molecule has 1 unspecified atom stereocenters. The van der Waals surface area contributed by atoms with Crippen molar-refractivity contribution in [2.24, 2.45) is 5.41 Å². The van der Waals surface area contributed by atoms with Gasteiger partial charge in [0.25, 0.3) is 0 Å². The minimum atomic E-state index is -1.93. The number of benzene rings is 2. The zero-order valence-electron chi connectivity index (χ0n) is 16.5. The van der Waals surface area contributed by atoms with Gasteiger partial charge in [0.05, 0.1) is 0 Å². The molecule has 3 rings (SSSR count). The Hall–Kier alpha value is -1.82. The highest BCUT2D eigenvalue weighted by molar-refractivity contribution is 7.81. The second-order valence-electron chi connectivity index (χ2n) is 7.84. The molecule has 1 atom stereocenters. The lowest BCUT2D eigenvalue weighted by Crippen LogP contribution is -2.16. The summed E-state index contributed by atoms with van der Waals surface area (Å²) in [6.45, 7) is 12.0. The standard InChI is InChI=1S/C24H29OP/c1-6-25-26(5)22(19-13-9-7-10-14-19)17-21(24(2,3)4)18-23(26)20-15-11-8-12-16-20/h7-18H,6H2,1-5H3. The van der Waals surface area contributed by atoms with E-state index in [-0.39, 0.29) is 5.41 Å². The topological polar surface area (TPSA) is 9.23 Å². The molecule has 1 nitrogen and oxygen atoms in total. The Bertz CT molecular complexity index is 881. The second-order valence-corrected chi connectivity index (χ2v) is 10.9. The van der Waals surface area contributed by atoms with Crippen LogP contribution in [0, 0.1) is 5.41 Å². The van der Waals surface area contributed by atoms with Gasteiger partial charge < -0.3 is 4.52 Å². The summed E-state index contributed by atoms with van der Waals surface area (Å²) < 4.78 is 6.53. The summed E-state index contributed by atoms with van der Waals surface area (Å²) in [5.74, 6) is 0. The first-order valence-corrected chi connectivity index (χ1v) is 11.5. The van der Waals surface area contributed by atoms with Crippen LogP contribution in [0.1, 0.15) is 38.8 Å². The van der Waals surface area contributed by atoms with Gasteiger partial charge >= 0.3 is 0 Å². The van der Waals surface area contributed by atoms with E-state index in [0.29, 0.717) is 6.61 Å². The van der Waals surface area contributed by atoms with Gasteiger partial charge in [-0.1, -0.05) is 81.4 Å². The van der Waals surface area contributed by atoms with Crippen molar-refractivity contribution in [3.63, 3.8) is 0 Å². The molecule has 2 aromatic carbocycles. The summed E-state index contributed by atoms with van der Waals surface area (Å²) in [5.41, 5.74) is 3.96. The van der Waals surface area contributed by atoms with Gasteiger partial charge in [0.2, 0.25) is 0 Å². The maximum atomic E-state index is 6.53. The number of hydrogen-bond donors (Lipinski definition) is 0. The van der Waals surface area contributed by atoms with Crippen LogP contribution >= 0.6 is 7.11 Å². The van der Waals surface area contributed by atoms with Gasteiger partial charge in [-0.3, -0.25) is 0 Å². The molecule has 0 spiro atoms. The van der Waals surface area contributed by atoms with Gasteiger partial charge in [-0.15, -0.1) is 0 Å². The zero-order valence-corrected chi connectivity index (χ0v) is 17.4. The highest BCUT2D eigenvalue weighted by atomic mass is 31.2. The third-order valence-corrected chi connectivity index (χ3v) is 8.28. The monoisotopic (exact) mass is 364 g/mol. The Kier molecular flexibility index (Phi) is 5.42. The molecule has 0 N–H and O–H groups in total. The maximum Gasteiger partial charge on any atom is 0.0483 e. The molecule has 0 aromatic heterocycles.